The standard InChI is InChI=1S/C21H23N3O5S/c1-4-13-12-15(21(26)28-5-2)20(30-13)22-17(25)10-11-18-23-19(24-29-18)14-8-6-7-9-16(14)27-3/h6-9,12H,4-5,10-11H2,1-3H3,(H,22,25). The number of carbonyl (C=O) groups is 2. The second kappa shape index (κ2) is 10.0. The molecule has 0 saturated heterocycles. The van der Waals surface area contributed by atoms with E-state index < -0.39 is 5.97 Å². The normalized spacial score (nSPS) is 10.6. The summed E-state index contributed by atoms with van der Waals surface area (Å²) in [6, 6.07) is 9.11. The first-order chi connectivity index (χ1) is 14.5. The number of esters is 1. The van der Waals surface area contributed by atoms with Gasteiger partial charge in [-0.05, 0) is 31.5 Å². The highest BCUT2D eigenvalue weighted by Gasteiger charge is 2.19. The molecule has 1 amide bonds. The molecule has 0 spiro atoms. The first kappa shape index (κ1) is 21.5. The summed E-state index contributed by atoms with van der Waals surface area (Å²) in [5.74, 6) is 0.693. The van der Waals surface area contributed by atoms with Crippen molar-refractivity contribution in [1.29, 1.82) is 0 Å². The number of anilines is 1. The maximum atomic E-state index is 12.4. The lowest BCUT2D eigenvalue weighted by Crippen LogP contribution is -2.14. The van der Waals surface area contributed by atoms with E-state index in [0.29, 0.717) is 33.6 Å². The minimum Gasteiger partial charge on any atom is -0.496 e. The summed E-state index contributed by atoms with van der Waals surface area (Å²) in [6.45, 7) is 4.00. The molecule has 0 fully saturated rings. The lowest BCUT2D eigenvalue weighted by Gasteiger charge is -2.05. The summed E-state index contributed by atoms with van der Waals surface area (Å²) in [6.07, 6.45) is 1.17. The topological polar surface area (TPSA) is 104 Å². The van der Waals surface area contributed by atoms with Gasteiger partial charge in [0.2, 0.25) is 17.6 Å². The highest BCUT2D eigenvalue weighted by atomic mass is 32.1. The van der Waals surface area contributed by atoms with E-state index in [0.717, 1.165) is 11.3 Å². The van der Waals surface area contributed by atoms with Crippen molar-refractivity contribution in [1.82, 2.24) is 10.1 Å². The molecular weight excluding hydrogens is 406 g/mol. The van der Waals surface area contributed by atoms with Gasteiger partial charge in [0.25, 0.3) is 0 Å². The zero-order chi connectivity index (χ0) is 21.5. The van der Waals surface area contributed by atoms with Crippen molar-refractivity contribution in [2.24, 2.45) is 0 Å². The Morgan fingerprint density at radius 3 is 2.77 bits per heavy atom. The average molecular weight is 429 g/mol. The Morgan fingerprint density at radius 2 is 2.03 bits per heavy atom. The summed E-state index contributed by atoms with van der Waals surface area (Å²) in [5, 5.41) is 7.27. The van der Waals surface area contributed by atoms with E-state index in [-0.39, 0.29) is 25.4 Å². The van der Waals surface area contributed by atoms with Crippen LogP contribution in [-0.2, 0) is 22.4 Å². The van der Waals surface area contributed by atoms with E-state index in [1.165, 1.54) is 11.3 Å². The predicted molar refractivity (Wildman–Crippen MR) is 113 cm³/mol. The molecule has 0 atom stereocenters. The number of aromatic nitrogens is 2. The van der Waals surface area contributed by atoms with Crippen molar-refractivity contribution < 1.29 is 23.6 Å². The molecule has 30 heavy (non-hydrogen) atoms. The van der Waals surface area contributed by atoms with Crippen LogP contribution in [0, 0.1) is 0 Å². The van der Waals surface area contributed by atoms with Gasteiger partial charge in [-0.3, -0.25) is 4.79 Å². The van der Waals surface area contributed by atoms with Crippen molar-refractivity contribution in [2.75, 3.05) is 19.0 Å². The van der Waals surface area contributed by atoms with Crippen molar-refractivity contribution in [3.8, 4) is 17.1 Å². The Morgan fingerprint density at radius 1 is 1.23 bits per heavy atom. The Hall–Kier alpha value is -3.20. The molecule has 2 heterocycles. The van der Waals surface area contributed by atoms with E-state index >= 15 is 0 Å². The molecule has 0 aliphatic heterocycles. The van der Waals surface area contributed by atoms with Crippen LogP contribution in [-0.4, -0.2) is 35.7 Å². The number of methoxy groups -OCH3 is 1. The number of ether oxygens (including phenoxy) is 2. The summed E-state index contributed by atoms with van der Waals surface area (Å²) in [5.41, 5.74) is 1.09. The van der Waals surface area contributed by atoms with E-state index in [2.05, 4.69) is 15.5 Å². The van der Waals surface area contributed by atoms with Gasteiger partial charge in [-0.25, -0.2) is 4.79 Å². The Balaban J connectivity index is 1.64. The molecular formula is C21H23N3O5S. The average Bonchev–Trinajstić information content (AvgIpc) is 3.39. The second-order valence-corrected chi connectivity index (χ2v) is 7.43. The predicted octanol–water partition coefficient (Wildman–Crippen LogP) is 4.12. The molecule has 0 unspecified atom stereocenters. The van der Waals surface area contributed by atoms with Crippen molar-refractivity contribution in [3.63, 3.8) is 0 Å². The van der Waals surface area contributed by atoms with Crippen LogP contribution < -0.4 is 10.1 Å². The van der Waals surface area contributed by atoms with Gasteiger partial charge in [0.05, 0.1) is 24.8 Å². The van der Waals surface area contributed by atoms with Gasteiger partial charge in [-0.1, -0.05) is 24.2 Å². The van der Waals surface area contributed by atoms with Gasteiger partial charge in [0.1, 0.15) is 10.8 Å². The largest absolute Gasteiger partial charge is 0.496 e. The van der Waals surface area contributed by atoms with Crippen molar-refractivity contribution in [3.05, 3.63) is 46.7 Å². The van der Waals surface area contributed by atoms with E-state index in [4.69, 9.17) is 14.0 Å². The summed E-state index contributed by atoms with van der Waals surface area (Å²) in [4.78, 5) is 29.9. The van der Waals surface area contributed by atoms with Gasteiger partial charge in [0.15, 0.2) is 0 Å². The maximum absolute atomic E-state index is 12.4. The fraction of sp³-hybridized carbons (Fsp3) is 0.333. The van der Waals surface area contributed by atoms with Gasteiger partial charge in [-0.2, -0.15) is 4.98 Å². The maximum Gasteiger partial charge on any atom is 0.341 e. The molecule has 158 valence electrons. The summed E-state index contributed by atoms with van der Waals surface area (Å²) < 4.78 is 15.7. The minimum absolute atomic E-state index is 0.134. The Labute approximate surface area is 178 Å². The fourth-order valence-electron chi connectivity index (χ4n) is 2.77. The van der Waals surface area contributed by atoms with Crippen molar-refractivity contribution in [2.45, 2.75) is 33.1 Å². The number of aryl methyl sites for hydroxylation is 2. The molecule has 0 aliphatic carbocycles. The third-order valence-electron chi connectivity index (χ3n) is 4.26. The summed E-state index contributed by atoms with van der Waals surface area (Å²) >= 11 is 1.37. The van der Waals surface area contributed by atoms with Crippen LogP contribution in [0.3, 0.4) is 0 Å². The quantitative estimate of drug-likeness (QED) is 0.510. The molecule has 2 aromatic heterocycles. The molecule has 0 saturated carbocycles. The molecule has 0 bridgehead atoms. The molecule has 0 aliphatic rings. The Kier molecular flexibility index (Phi) is 7.18. The van der Waals surface area contributed by atoms with Crippen LogP contribution in [0.1, 0.15) is 41.4 Å². The van der Waals surface area contributed by atoms with Gasteiger partial charge < -0.3 is 19.3 Å². The van der Waals surface area contributed by atoms with Gasteiger partial charge in [0, 0.05) is 17.7 Å². The zero-order valence-corrected chi connectivity index (χ0v) is 17.9. The monoisotopic (exact) mass is 429 g/mol. The molecule has 9 heteroatoms. The number of nitrogens with one attached hydrogen (secondary N) is 1. The van der Waals surface area contributed by atoms with Crippen molar-refractivity contribution >= 4 is 28.2 Å². The first-order valence-corrected chi connectivity index (χ1v) is 10.4. The molecule has 0 radical (unpaired) electrons. The zero-order valence-electron chi connectivity index (χ0n) is 17.1. The second-order valence-electron chi connectivity index (χ2n) is 6.29. The third-order valence-corrected chi connectivity index (χ3v) is 5.46. The number of hydrogen-bond acceptors (Lipinski definition) is 8. The van der Waals surface area contributed by atoms with E-state index in [1.807, 2.05) is 31.2 Å². The van der Waals surface area contributed by atoms with Crippen LogP contribution in [0.5, 0.6) is 5.75 Å². The lowest BCUT2D eigenvalue weighted by molar-refractivity contribution is -0.116. The smallest absolute Gasteiger partial charge is 0.341 e. The van der Waals surface area contributed by atoms with E-state index in [1.54, 1.807) is 20.1 Å². The number of carbonyl (C=O) groups excluding carboxylic acids is 2. The number of amides is 1. The number of benzene rings is 1. The number of thiophene rings is 1. The lowest BCUT2D eigenvalue weighted by atomic mass is 10.2. The molecule has 1 aromatic carbocycles. The minimum atomic E-state index is -0.442. The highest BCUT2D eigenvalue weighted by molar-refractivity contribution is 7.16. The molecule has 3 aromatic rings. The summed E-state index contributed by atoms with van der Waals surface area (Å²) in [7, 11) is 1.57. The molecule has 8 nitrogen and oxygen atoms in total. The van der Waals surface area contributed by atoms with Crippen LogP contribution >= 0.6 is 11.3 Å². The molecule has 3 rings (SSSR count). The van der Waals surface area contributed by atoms with E-state index in [9.17, 15) is 9.59 Å². The third kappa shape index (κ3) is 5.04. The highest BCUT2D eigenvalue weighted by Crippen LogP contribution is 2.30. The first-order valence-electron chi connectivity index (χ1n) is 9.61. The number of hydrogen-bond donors (Lipinski definition) is 1. The van der Waals surface area contributed by atoms with Crippen LogP contribution in [0.25, 0.3) is 11.4 Å². The van der Waals surface area contributed by atoms with Crippen LogP contribution in [0.2, 0.25) is 0 Å². The SMILES string of the molecule is CCOC(=O)c1cc(CC)sc1NC(=O)CCc1nc(-c2ccccc2OC)no1. The van der Waals surface area contributed by atoms with Crippen LogP contribution in [0.4, 0.5) is 5.00 Å². The Bertz CT molecular complexity index is 1030. The van der Waals surface area contributed by atoms with Gasteiger partial charge in [-0.15, -0.1) is 11.3 Å². The van der Waals surface area contributed by atoms with Gasteiger partial charge >= 0.3 is 5.97 Å². The molecule has 1 N–H and O–H groups in total. The van der Waals surface area contributed by atoms with Crippen LogP contribution in [0.15, 0.2) is 34.9 Å². The fourth-order valence-corrected chi connectivity index (χ4v) is 3.77. The number of rotatable bonds is 9. The number of nitrogens with zero attached hydrogens (tertiary/aromatic N) is 2. The number of para-hydroxylation sites is 1.